The first kappa shape index (κ1) is 19.0. The van der Waals surface area contributed by atoms with E-state index in [0.717, 1.165) is 63.9 Å². The summed E-state index contributed by atoms with van der Waals surface area (Å²) >= 11 is 0. The first-order valence-corrected chi connectivity index (χ1v) is 9.94. The zero-order chi connectivity index (χ0) is 18.4. The highest BCUT2D eigenvalue weighted by molar-refractivity contribution is 5.80. The van der Waals surface area contributed by atoms with Gasteiger partial charge >= 0.3 is 0 Å². The molecule has 5 heteroatoms. The van der Waals surface area contributed by atoms with Gasteiger partial charge in [-0.25, -0.2) is 0 Å². The van der Waals surface area contributed by atoms with Gasteiger partial charge in [0.25, 0.3) is 0 Å². The van der Waals surface area contributed by atoms with Crippen LogP contribution in [0.3, 0.4) is 0 Å². The highest BCUT2D eigenvalue weighted by atomic mass is 16.5. The van der Waals surface area contributed by atoms with Gasteiger partial charge in [-0.2, -0.15) is 0 Å². The summed E-state index contributed by atoms with van der Waals surface area (Å²) < 4.78 is 11.4. The first-order valence-electron chi connectivity index (χ1n) is 9.94. The number of benzene rings is 1. The molecule has 144 valence electrons. The Bertz CT molecular complexity index is 618. The largest absolute Gasteiger partial charge is 0.496 e. The monoisotopic (exact) mass is 359 g/mol. The van der Waals surface area contributed by atoms with Gasteiger partial charge in [0.15, 0.2) is 5.96 Å². The molecule has 0 atom stereocenters. The zero-order valence-corrected chi connectivity index (χ0v) is 16.5. The molecule has 2 saturated heterocycles. The van der Waals surface area contributed by atoms with Crippen molar-refractivity contribution in [2.45, 2.75) is 44.9 Å². The van der Waals surface area contributed by atoms with E-state index in [4.69, 9.17) is 14.5 Å². The number of rotatable bonds is 5. The van der Waals surface area contributed by atoms with Crippen LogP contribution in [0.4, 0.5) is 0 Å². The summed E-state index contributed by atoms with van der Waals surface area (Å²) in [5.41, 5.74) is 2.53. The van der Waals surface area contributed by atoms with Gasteiger partial charge in [-0.05, 0) is 45.6 Å². The van der Waals surface area contributed by atoms with Crippen LogP contribution in [0.25, 0.3) is 0 Å². The van der Waals surface area contributed by atoms with E-state index in [1.165, 1.54) is 24.0 Å². The van der Waals surface area contributed by atoms with Gasteiger partial charge in [-0.1, -0.05) is 17.7 Å². The molecule has 1 aromatic rings. The molecule has 2 aliphatic rings. The number of aryl methyl sites for hydroxylation is 1. The summed E-state index contributed by atoms with van der Waals surface area (Å²) in [6, 6.07) is 6.49. The number of hydrogen-bond donors (Lipinski definition) is 1. The second-order valence-corrected chi connectivity index (χ2v) is 7.46. The van der Waals surface area contributed by atoms with Crippen LogP contribution in [0.1, 0.15) is 43.7 Å². The van der Waals surface area contributed by atoms with E-state index in [9.17, 15) is 0 Å². The van der Waals surface area contributed by atoms with Gasteiger partial charge in [-0.15, -0.1) is 0 Å². The quantitative estimate of drug-likeness (QED) is 0.648. The Kier molecular flexibility index (Phi) is 6.41. The van der Waals surface area contributed by atoms with Gasteiger partial charge in [0.05, 0.1) is 13.7 Å². The van der Waals surface area contributed by atoms with Crippen LogP contribution < -0.4 is 10.1 Å². The van der Waals surface area contributed by atoms with E-state index in [-0.39, 0.29) is 5.41 Å². The Morgan fingerprint density at radius 2 is 2.00 bits per heavy atom. The molecular weight excluding hydrogens is 326 g/mol. The van der Waals surface area contributed by atoms with E-state index >= 15 is 0 Å². The summed E-state index contributed by atoms with van der Waals surface area (Å²) in [7, 11) is 1.76. The Hall–Kier alpha value is -1.75. The third-order valence-corrected chi connectivity index (χ3v) is 5.65. The number of hydrogen-bond acceptors (Lipinski definition) is 3. The Morgan fingerprint density at radius 3 is 2.65 bits per heavy atom. The van der Waals surface area contributed by atoms with Crippen molar-refractivity contribution >= 4 is 5.96 Å². The van der Waals surface area contributed by atoms with E-state index in [1.807, 2.05) is 0 Å². The molecule has 2 heterocycles. The van der Waals surface area contributed by atoms with Gasteiger partial charge in [0.1, 0.15) is 5.75 Å². The Labute approximate surface area is 157 Å². The molecule has 0 amide bonds. The number of aliphatic imine (C=N–C) groups is 1. The maximum atomic E-state index is 5.72. The molecule has 0 saturated carbocycles. The lowest BCUT2D eigenvalue weighted by Crippen LogP contribution is -2.42. The molecule has 0 unspecified atom stereocenters. The summed E-state index contributed by atoms with van der Waals surface area (Å²) in [6.45, 7) is 9.74. The average Bonchev–Trinajstić information content (AvgIpc) is 3.20. The predicted octanol–water partition coefficient (Wildman–Crippen LogP) is 3.11. The topological polar surface area (TPSA) is 46.1 Å². The number of nitrogens with one attached hydrogen (secondary N) is 1. The minimum absolute atomic E-state index is 0.0178. The fraction of sp³-hybridized carbons (Fsp3) is 0.667. The number of likely N-dealkylation sites (tertiary alicyclic amines) is 1. The molecule has 0 aromatic heterocycles. The summed E-state index contributed by atoms with van der Waals surface area (Å²) in [6.07, 6.45) is 4.48. The molecule has 2 aliphatic heterocycles. The molecule has 0 spiro atoms. The van der Waals surface area contributed by atoms with Crippen molar-refractivity contribution in [2.24, 2.45) is 4.99 Å². The lowest BCUT2D eigenvalue weighted by Gasteiger charge is -2.38. The number of methoxy groups -OCH3 is 1. The molecule has 1 N–H and O–H groups in total. The van der Waals surface area contributed by atoms with Gasteiger partial charge < -0.3 is 19.7 Å². The second kappa shape index (κ2) is 8.76. The molecule has 0 aliphatic carbocycles. The van der Waals surface area contributed by atoms with E-state index in [0.29, 0.717) is 0 Å². The third-order valence-electron chi connectivity index (χ3n) is 5.65. The minimum atomic E-state index is -0.0178. The molecule has 0 radical (unpaired) electrons. The van der Waals surface area contributed by atoms with Crippen LogP contribution in [0.15, 0.2) is 23.2 Å². The van der Waals surface area contributed by atoms with Crippen molar-refractivity contribution < 1.29 is 9.47 Å². The highest BCUT2D eigenvalue weighted by Crippen LogP contribution is 2.40. The lowest BCUT2D eigenvalue weighted by atomic mass is 9.73. The van der Waals surface area contributed by atoms with Gasteiger partial charge in [-0.3, -0.25) is 4.99 Å². The molecule has 2 fully saturated rings. The van der Waals surface area contributed by atoms with Crippen molar-refractivity contribution in [1.29, 1.82) is 0 Å². The average molecular weight is 360 g/mol. The summed E-state index contributed by atoms with van der Waals surface area (Å²) in [5, 5.41) is 3.49. The Balaban J connectivity index is 1.92. The highest BCUT2D eigenvalue weighted by Gasteiger charge is 2.37. The normalized spacial score (nSPS) is 20.3. The van der Waals surface area contributed by atoms with Gasteiger partial charge in [0.2, 0.25) is 0 Å². The van der Waals surface area contributed by atoms with Crippen LogP contribution in [0.5, 0.6) is 5.75 Å². The zero-order valence-electron chi connectivity index (χ0n) is 16.5. The summed E-state index contributed by atoms with van der Waals surface area (Å²) in [4.78, 5) is 7.49. The maximum Gasteiger partial charge on any atom is 0.193 e. The van der Waals surface area contributed by atoms with Crippen LogP contribution >= 0.6 is 0 Å². The van der Waals surface area contributed by atoms with Gasteiger partial charge in [0, 0.05) is 43.8 Å². The molecular formula is C21H33N3O2. The third kappa shape index (κ3) is 4.14. The van der Waals surface area contributed by atoms with E-state index in [1.54, 1.807) is 7.11 Å². The fourth-order valence-electron chi connectivity index (χ4n) is 4.09. The summed E-state index contributed by atoms with van der Waals surface area (Å²) in [5.74, 6) is 2.03. The van der Waals surface area contributed by atoms with Crippen LogP contribution in [-0.2, 0) is 10.2 Å². The van der Waals surface area contributed by atoms with Crippen LogP contribution in [0.2, 0.25) is 0 Å². The SMILES string of the molecule is CCNC(=NCC1(c2cc(C)ccc2OC)CCOCC1)N1CCCC1. The number of nitrogens with zero attached hydrogens (tertiary/aromatic N) is 2. The van der Waals surface area contributed by atoms with Crippen molar-refractivity contribution in [3.63, 3.8) is 0 Å². The van der Waals surface area contributed by atoms with Crippen LogP contribution in [-0.4, -0.2) is 57.4 Å². The van der Waals surface area contributed by atoms with Crippen molar-refractivity contribution in [3.05, 3.63) is 29.3 Å². The van der Waals surface area contributed by atoms with Crippen LogP contribution in [0, 0.1) is 6.92 Å². The molecule has 3 rings (SSSR count). The van der Waals surface area contributed by atoms with Crippen molar-refractivity contribution in [2.75, 3.05) is 46.5 Å². The van der Waals surface area contributed by atoms with E-state index < -0.39 is 0 Å². The lowest BCUT2D eigenvalue weighted by molar-refractivity contribution is 0.0522. The second-order valence-electron chi connectivity index (χ2n) is 7.46. The number of guanidine groups is 1. The fourth-order valence-corrected chi connectivity index (χ4v) is 4.09. The minimum Gasteiger partial charge on any atom is -0.496 e. The van der Waals surface area contributed by atoms with Crippen molar-refractivity contribution in [3.8, 4) is 5.75 Å². The predicted molar refractivity (Wildman–Crippen MR) is 106 cm³/mol. The molecule has 0 bridgehead atoms. The maximum absolute atomic E-state index is 5.72. The molecule has 5 nitrogen and oxygen atoms in total. The Morgan fingerprint density at radius 1 is 1.27 bits per heavy atom. The van der Waals surface area contributed by atoms with Crippen molar-refractivity contribution in [1.82, 2.24) is 10.2 Å². The first-order chi connectivity index (χ1) is 12.7. The smallest absolute Gasteiger partial charge is 0.193 e. The van der Waals surface area contributed by atoms with E-state index in [2.05, 4.69) is 42.3 Å². The number of ether oxygens (including phenoxy) is 2. The molecule has 26 heavy (non-hydrogen) atoms. The standard InChI is InChI=1S/C21H33N3O2/c1-4-22-20(24-11-5-6-12-24)23-16-21(9-13-26-14-10-21)18-15-17(2)7-8-19(18)25-3/h7-8,15H,4-6,9-14,16H2,1-3H3,(H,22,23). The molecule has 1 aromatic carbocycles.